The van der Waals surface area contributed by atoms with E-state index >= 15 is 0 Å². The van der Waals surface area contributed by atoms with Gasteiger partial charge in [-0.3, -0.25) is 4.99 Å². The molecule has 4 rings (SSSR count). The summed E-state index contributed by atoms with van der Waals surface area (Å²) >= 11 is 0. The third-order valence-corrected chi connectivity index (χ3v) is 9.68. The number of nitrogens with zero attached hydrogens (tertiary/aromatic N) is 3. The van der Waals surface area contributed by atoms with Crippen molar-refractivity contribution in [1.82, 2.24) is 9.97 Å². The second-order valence-corrected chi connectivity index (χ2v) is 11.2. The van der Waals surface area contributed by atoms with Gasteiger partial charge in [0.25, 0.3) is 0 Å². The third-order valence-electron chi connectivity index (χ3n) is 6.63. The van der Waals surface area contributed by atoms with Gasteiger partial charge in [-0.1, -0.05) is 12.0 Å². The van der Waals surface area contributed by atoms with E-state index in [0.717, 1.165) is 18.3 Å². The van der Waals surface area contributed by atoms with E-state index < -0.39 is 49.8 Å². The molecule has 2 N–H and O–H groups in total. The van der Waals surface area contributed by atoms with Crippen LogP contribution in [0.15, 0.2) is 35.6 Å². The number of fused-ring (bicyclic) bond motifs is 2. The van der Waals surface area contributed by atoms with E-state index in [4.69, 9.17) is 16.9 Å². The average Bonchev–Trinajstić information content (AvgIpc) is 3.03. The summed E-state index contributed by atoms with van der Waals surface area (Å²) in [6, 6.07) is 3.72. The van der Waals surface area contributed by atoms with E-state index in [2.05, 4.69) is 20.9 Å². The van der Waals surface area contributed by atoms with E-state index in [0.29, 0.717) is 0 Å². The van der Waals surface area contributed by atoms with Crippen LogP contribution in [0.4, 0.5) is 13.2 Å². The minimum Gasteiger partial charge on any atom is -0.460 e. The summed E-state index contributed by atoms with van der Waals surface area (Å²) in [4.78, 5) is 12.2. The van der Waals surface area contributed by atoms with Gasteiger partial charge in [0.1, 0.15) is 29.6 Å². The molecule has 2 aliphatic heterocycles. The predicted molar refractivity (Wildman–Crippen MR) is 126 cm³/mol. The number of rotatable bonds is 6. The van der Waals surface area contributed by atoms with Crippen molar-refractivity contribution in [3.8, 4) is 18.2 Å². The van der Waals surface area contributed by atoms with Gasteiger partial charge in [-0.25, -0.2) is 31.6 Å². The Balaban J connectivity index is 1.71. The molecule has 35 heavy (non-hydrogen) atoms. The SMILES string of the molecule is C#CC(C)Oc1cnc(/C(F)=C/c2ccc(F)c([C@@]3(C)N=C(N)[C@@]4(CF)CC[C@@H]3S4(=O)=O)c2)cn1. The van der Waals surface area contributed by atoms with Crippen LogP contribution in [0, 0.1) is 18.2 Å². The number of sulfone groups is 1. The van der Waals surface area contributed by atoms with Gasteiger partial charge >= 0.3 is 0 Å². The van der Waals surface area contributed by atoms with Crippen molar-refractivity contribution in [3.63, 3.8) is 0 Å². The normalized spacial score (nSPS) is 28.2. The fourth-order valence-corrected chi connectivity index (χ4v) is 7.26. The summed E-state index contributed by atoms with van der Waals surface area (Å²) in [6.07, 6.45) is 8.22. The molecule has 2 bridgehead atoms. The maximum atomic E-state index is 15.0. The van der Waals surface area contributed by atoms with Crippen LogP contribution < -0.4 is 10.5 Å². The molecule has 1 fully saturated rings. The number of halogens is 3. The number of nitrogens with two attached hydrogens (primary N) is 1. The molecule has 1 unspecified atom stereocenters. The fraction of sp³-hybridized carbons (Fsp3) is 0.375. The maximum absolute atomic E-state index is 15.0. The van der Waals surface area contributed by atoms with Crippen molar-refractivity contribution in [1.29, 1.82) is 0 Å². The first kappa shape index (κ1) is 24.7. The van der Waals surface area contributed by atoms with Gasteiger partial charge in [0.15, 0.2) is 26.5 Å². The van der Waals surface area contributed by atoms with Crippen molar-refractivity contribution in [2.45, 2.75) is 48.3 Å². The number of benzene rings is 1. The van der Waals surface area contributed by atoms with Crippen molar-refractivity contribution in [3.05, 3.63) is 53.2 Å². The van der Waals surface area contributed by atoms with Gasteiger partial charge in [0, 0.05) is 5.56 Å². The number of ether oxygens (including phenoxy) is 1. The molecule has 0 saturated carbocycles. The zero-order valence-corrected chi connectivity index (χ0v) is 19.8. The second kappa shape index (κ2) is 8.68. The lowest BCUT2D eigenvalue weighted by molar-refractivity contribution is 0.266. The number of aliphatic imine (C=N–C) groups is 1. The molecule has 2 aromatic rings. The van der Waals surface area contributed by atoms with Gasteiger partial charge in [0.05, 0.1) is 17.6 Å². The van der Waals surface area contributed by atoms with E-state index in [-0.39, 0.29) is 41.4 Å². The molecule has 0 amide bonds. The highest BCUT2D eigenvalue weighted by Crippen LogP contribution is 2.51. The zero-order chi connectivity index (χ0) is 25.6. The summed E-state index contributed by atoms with van der Waals surface area (Å²) in [5.41, 5.74) is 4.39. The van der Waals surface area contributed by atoms with Crippen LogP contribution in [0.3, 0.4) is 0 Å². The standard InChI is InChI=1S/C24H23F3N4O3S/c1-4-14(2)34-21-12-29-19(11-30-21)18(27)10-15-5-6-17(26)16(9-15)23(3)20-7-8-24(13-25,22(28)31-23)35(20,32)33/h1,5-6,9-12,14,20H,7-8,13H2,2-3H3,(H2,28,31)/b18-10-/t14?,20-,23+,24-/m0/s1. The number of terminal acetylenes is 1. The number of hydrogen-bond donors (Lipinski definition) is 1. The Kier molecular flexibility index (Phi) is 6.13. The Morgan fingerprint density at radius 1 is 1.40 bits per heavy atom. The van der Waals surface area contributed by atoms with Gasteiger partial charge < -0.3 is 10.5 Å². The number of amidine groups is 1. The van der Waals surface area contributed by atoms with Gasteiger partial charge in [-0.05, 0) is 50.5 Å². The molecule has 184 valence electrons. The lowest BCUT2D eigenvalue weighted by Crippen LogP contribution is -2.58. The number of hydrogen-bond acceptors (Lipinski definition) is 7. The predicted octanol–water partition coefficient (Wildman–Crippen LogP) is 3.36. The highest BCUT2D eigenvalue weighted by atomic mass is 32.2. The Labute approximate surface area is 201 Å². The molecule has 7 nitrogen and oxygen atoms in total. The highest BCUT2D eigenvalue weighted by Gasteiger charge is 2.65. The summed E-state index contributed by atoms with van der Waals surface area (Å²) in [5, 5.41) is -1.17. The Morgan fingerprint density at radius 2 is 2.14 bits per heavy atom. The topological polar surface area (TPSA) is 108 Å². The van der Waals surface area contributed by atoms with E-state index in [1.54, 1.807) is 6.92 Å². The summed E-state index contributed by atoms with van der Waals surface area (Å²) in [5.74, 6) is 0.610. The first-order chi connectivity index (χ1) is 16.5. The van der Waals surface area contributed by atoms with E-state index in [1.165, 1.54) is 25.3 Å². The maximum Gasteiger partial charge on any atom is 0.233 e. The third kappa shape index (κ3) is 3.86. The van der Waals surface area contributed by atoms with Crippen molar-refractivity contribution < 1.29 is 26.3 Å². The molecule has 0 aliphatic carbocycles. The van der Waals surface area contributed by atoms with E-state index in [9.17, 15) is 21.6 Å². The summed E-state index contributed by atoms with van der Waals surface area (Å²) in [6.45, 7) is 1.89. The minimum atomic E-state index is -4.09. The molecule has 0 radical (unpaired) electrons. The van der Waals surface area contributed by atoms with Gasteiger partial charge in [-0.2, -0.15) is 0 Å². The first-order valence-corrected chi connectivity index (χ1v) is 12.3. The zero-order valence-electron chi connectivity index (χ0n) is 19.0. The van der Waals surface area contributed by atoms with Gasteiger partial charge in [0.2, 0.25) is 5.88 Å². The minimum absolute atomic E-state index is 0.0320. The lowest BCUT2D eigenvalue weighted by atomic mass is 9.86. The summed E-state index contributed by atoms with van der Waals surface area (Å²) < 4.78 is 73.5. The Hall–Kier alpha value is -3.39. The molecule has 11 heteroatoms. The Bertz CT molecular complexity index is 1370. The Morgan fingerprint density at radius 3 is 2.77 bits per heavy atom. The van der Waals surface area contributed by atoms with Gasteiger partial charge in [-0.15, -0.1) is 6.42 Å². The van der Waals surface area contributed by atoms with Crippen LogP contribution in [0.5, 0.6) is 5.88 Å². The smallest absolute Gasteiger partial charge is 0.233 e. The first-order valence-electron chi connectivity index (χ1n) is 10.8. The van der Waals surface area contributed by atoms with Crippen LogP contribution in [0.1, 0.15) is 43.5 Å². The molecule has 2 aliphatic rings. The van der Waals surface area contributed by atoms with Crippen LogP contribution in [-0.2, 0) is 15.4 Å². The molecule has 3 heterocycles. The van der Waals surface area contributed by atoms with E-state index in [1.807, 2.05) is 0 Å². The van der Waals surface area contributed by atoms with Crippen molar-refractivity contribution in [2.24, 2.45) is 10.7 Å². The summed E-state index contributed by atoms with van der Waals surface area (Å²) in [7, 11) is -4.09. The largest absolute Gasteiger partial charge is 0.460 e. The van der Waals surface area contributed by atoms with Crippen LogP contribution in [0.25, 0.3) is 11.9 Å². The van der Waals surface area contributed by atoms with Crippen molar-refractivity contribution >= 4 is 27.6 Å². The van der Waals surface area contributed by atoms with Crippen LogP contribution in [-0.4, -0.2) is 47.0 Å². The monoisotopic (exact) mass is 504 g/mol. The number of alkyl halides is 1. The number of aromatic nitrogens is 2. The van der Waals surface area contributed by atoms with Crippen LogP contribution >= 0.6 is 0 Å². The van der Waals surface area contributed by atoms with Crippen LogP contribution in [0.2, 0.25) is 0 Å². The molecule has 1 aromatic carbocycles. The fourth-order valence-electron chi connectivity index (χ4n) is 4.62. The molecular formula is C24H23F3N4O3S. The van der Waals surface area contributed by atoms with Crippen molar-refractivity contribution in [2.75, 3.05) is 6.67 Å². The highest BCUT2D eigenvalue weighted by molar-refractivity contribution is 7.94. The average molecular weight is 505 g/mol. The molecular weight excluding hydrogens is 481 g/mol. The quantitative estimate of drug-likeness (QED) is 0.605. The molecule has 1 aromatic heterocycles. The molecule has 0 spiro atoms. The molecule has 1 saturated heterocycles. The lowest BCUT2D eigenvalue weighted by Gasteiger charge is -2.39. The molecule has 4 atom stereocenters. The second-order valence-electron chi connectivity index (χ2n) is 8.74.